The molecule has 1 fully saturated rings. The largest absolute Gasteiger partial charge is 0.504 e. The Kier molecular flexibility index (Phi) is 3.40. The van der Waals surface area contributed by atoms with E-state index in [9.17, 15) is 5.11 Å². The van der Waals surface area contributed by atoms with Crippen molar-refractivity contribution in [1.29, 1.82) is 0 Å². The number of aromatic hydroxyl groups is 1. The summed E-state index contributed by atoms with van der Waals surface area (Å²) in [5.41, 5.74) is 2.28. The molecule has 0 aromatic heterocycles. The molecule has 0 aliphatic carbocycles. The second-order valence-corrected chi connectivity index (χ2v) is 4.99. The van der Waals surface area contributed by atoms with Crippen LogP contribution in [0, 0.1) is 6.92 Å². The van der Waals surface area contributed by atoms with Crippen LogP contribution in [0.5, 0.6) is 11.5 Å². The highest BCUT2D eigenvalue weighted by Gasteiger charge is 2.25. The monoisotopic (exact) mass is 285 g/mol. The lowest BCUT2D eigenvalue weighted by atomic mass is 9.92. The lowest BCUT2D eigenvalue weighted by Crippen LogP contribution is -2.10. The first kappa shape index (κ1) is 11.7. The Labute approximate surface area is 104 Å². The highest BCUT2D eigenvalue weighted by atomic mass is 79.9. The van der Waals surface area contributed by atoms with Crippen LogP contribution in [0.25, 0.3) is 0 Å². The molecule has 16 heavy (non-hydrogen) atoms. The number of benzene rings is 1. The summed E-state index contributed by atoms with van der Waals surface area (Å²) in [4.78, 5) is 0. The normalized spacial score (nSPS) is 20.1. The number of phenols is 1. The SMILES string of the molecule is COc1c(O)cc(Br)c(C)c1C1CCNC1. The predicted octanol–water partition coefficient (Wildman–Crippen LogP) is 2.55. The summed E-state index contributed by atoms with van der Waals surface area (Å²) in [7, 11) is 1.61. The highest BCUT2D eigenvalue weighted by Crippen LogP contribution is 2.42. The van der Waals surface area contributed by atoms with Gasteiger partial charge in [-0.15, -0.1) is 0 Å². The van der Waals surface area contributed by atoms with E-state index in [0.717, 1.165) is 35.1 Å². The quantitative estimate of drug-likeness (QED) is 0.878. The zero-order valence-corrected chi connectivity index (χ0v) is 11.1. The molecule has 4 heteroatoms. The van der Waals surface area contributed by atoms with Gasteiger partial charge < -0.3 is 15.2 Å². The minimum absolute atomic E-state index is 0.210. The summed E-state index contributed by atoms with van der Waals surface area (Å²) in [6.45, 7) is 4.04. The topological polar surface area (TPSA) is 41.5 Å². The number of rotatable bonds is 2. The second-order valence-electron chi connectivity index (χ2n) is 4.14. The summed E-state index contributed by atoms with van der Waals surface area (Å²) < 4.78 is 6.26. The molecule has 1 heterocycles. The van der Waals surface area contributed by atoms with Crippen LogP contribution in [-0.4, -0.2) is 25.3 Å². The Morgan fingerprint density at radius 1 is 1.56 bits per heavy atom. The molecule has 0 radical (unpaired) electrons. The van der Waals surface area contributed by atoms with E-state index in [1.165, 1.54) is 0 Å². The smallest absolute Gasteiger partial charge is 0.164 e. The zero-order chi connectivity index (χ0) is 11.7. The minimum atomic E-state index is 0.210. The standard InChI is InChI=1S/C12H16BrNO2/c1-7-9(13)5-10(15)12(16-2)11(7)8-3-4-14-6-8/h5,8,14-15H,3-4,6H2,1-2H3. The summed E-state index contributed by atoms with van der Waals surface area (Å²) in [5, 5.41) is 13.2. The first-order valence-electron chi connectivity index (χ1n) is 5.41. The number of phenolic OH excluding ortho intramolecular Hbond substituents is 1. The van der Waals surface area contributed by atoms with Gasteiger partial charge in [-0.2, -0.15) is 0 Å². The van der Waals surface area contributed by atoms with Crippen LogP contribution in [0.4, 0.5) is 0 Å². The van der Waals surface area contributed by atoms with Gasteiger partial charge in [-0.3, -0.25) is 0 Å². The number of ether oxygens (including phenoxy) is 1. The van der Waals surface area contributed by atoms with Crippen molar-refractivity contribution in [2.75, 3.05) is 20.2 Å². The van der Waals surface area contributed by atoms with Gasteiger partial charge in [-0.25, -0.2) is 0 Å². The van der Waals surface area contributed by atoms with Crippen LogP contribution >= 0.6 is 15.9 Å². The van der Waals surface area contributed by atoms with Crippen LogP contribution in [0.1, 0.15) is 23.5 Å². The van der Waals surface area contributed by atoms with Crippen LogP contribution in [0.2, 0.25) is 0 Å². The fraction of sp³-hybridized carbons (Fsp3) is 0.500. The van der Waals surface area contributed by atoms with Gasteiger partial charge in [0.25, 0.3) is 0 Å². The van der Waals surface area contributed by atoms with Gasteiger partial charge in [0.2, 0.25) is 0 Å². The molecule has 0 spiro atoms. The Balaban J connectivity index is 2.54. The van der Waals surface area contributed by atoms with Crippen molar-refractivity contribution >= 4 is 15.9 Å². The fourth-order valence-corrected chi connectivity index (χ4v) is 2.77. The number of hydrogen-bond acceptors (Lipinski definition) is 3. The molecule has 1 atom stereocenters. The van der Waals surface area contributed by atoms with E-state index in [1.807, 2.05) is 0 Å². The molecule has 1 aromatic rings. The fourth-order valence-electron chi connectivity index (χ4n) is 2.34. The average molecular weight is 286 g/mol. The van der Waals surface area contributed by atoms with E-state index in [4.69, 9.17) is 4.74 Å². The summed E-state index contributed by atoms with van der Waals surface area (Å²) in [6.07, 6.45) is 1.09. The molecule has 1 aliphatic rings. The predicted molar refractivity (Wildman–Crippen MR) is 67.3 cm³/mol. The van der Waals surface area contributed by atoms with Crippen molar-refractivity contribution in [2.45, 2.75) is 19.3 Å². The third-order valence-electron chi connectivity index (χ3n) is 3.18. The number of methoxy groups -OCH3 is 1. The molecule has 1 aliphatic heterocycles. The molecule has 1 saturated heterocycles. The molecular weight excluding hydrogens is 270 g/mol. The van der Waals surface area contributed by atoms with Gasteiger partial charge in [-0.05, 0) is 31.5 Å². The van der Waals surface area contributed by atoms with Gasteiger partial charge in [0.1, 0.15) is 0 Å². The van der Waals surface area contributed by atoms with Gasteiger partial charge in [0.05, 0.1) is 7.11 Å². The molecule has 1 aromatic carbocycles. The average Bonchev–Trinajstić information content (AvgIpc) is 2.76. The Morgan fingerprint density at radius 3 is 2.88 bits per heavy atom. The van der Waals surface area contributed by atoms with Gasteiger partial charge >= 0.3 is 0 Å². The third-order valence-corrected chi connectivity index (χ3v) is 4.00. The molecule has 2 rings (SSSR count). The number of nitrogens with one attached hydrogen (secondary N) is 1. The molecule has 2 N–H and O–H groups in total. The van der Waals surface area contributed by atoms with Crippen LogP contribution in [0.3, 0.4) is 0 Å². The summed E-state index contributed by atoms with van der Waals surface area (Å²) >= 11 is 3.47. The maximum Gasteiger partial charge on any atom is 0.164 e. The van der Waals surface area contributed by atoms with Gasteiger partial charge in [0.15, 0.2) is 11.5 Å². The Bertz CT molecular complexity index is 400. The van der Waals surface area contributed by atoms with E-state index in [1.54, 1.807) is 13.2 Å². The first-order chi connectivity index (χ1) is 7.65. The van der Waals surface area contributed by atoms with Crippen molar-refractivity contribution < 1.29 is 9.84 Å². The maximum absolute atomic E-state index is 9.88. The van der Waals surface area contributed by atoms with E-state index >= 15 is 0 Å². The number of halogens is 1. The lowest BCUT2D eigenvalue weighted by molar-refractivity contribution is 0.366. The Hall–Kier alpha value is -0.740. The molecule has 1 unspecified atom stereocenters. The molecular formula is C12H16BrNO2. The minimum Gasteiger partial charge on any atom is -0.504 e. The number of hydrogen-bond donors (Lipinski definition) is 2. The summed E-state index contributed by atoms with van der Waals surface area (Å²) in [5.74, 6) is 1.26. The van der Waals surface area contributed by atoms with Gasteiger partial charge in [-0.1, -0.05) is 15.9 Å². The van der Waals surface area contributed by atoms with E-state index < -0.39 is 0 Å². The van der Waals surface area contributed by atoms with E-state index in [-0.39, 0.29) is 5.75 Å². The van der Waals surface area contributed by atoms with Crippen molar-refractivity contribution in [1.82, 2.24) is 5.32 Å². The van der Waals surface area contributed by atoms with Crippen molar-refractivity contribution in [2.24, 2.45) is 0 Å². The second kappa shape index (κ2) is 4.63. The highest BCUT2D eigenvalue weighted by molar-refractivity contribution is 9.10. The summed E-state index contributed by atoms with van der Waals surface area (Å²) in [6, 6.07) is 1.69. The molecule has 3 nitrogen and oxygen atoms in total. The van der Waals surface area contributed by atoms with Crippen molar-refractivity contribution in [3.63, 3.8) is 0 Å². The maximum atomic E-state index is 9.88. The van der Waals surface area contributed by atoms with Gasteiger partial charge in [0, 0.05) is 22.5 Å². The third kappa shape index (κ3) is 1.92. The van der Waals surface area contributed by atoms with Crippen molar-refractivity contribution in [3.8, 4) is 11.5 Å². The molecule has 0 amide bonds. The molecule has 0 bridgehead atoms. The zero-order valence-electron chi connectivity index (χ0n) is 9.51. The van der Waals surface area contributed by atoms with Crippen molar-refractivity contribution in [3.05, 3.63) is 21.7 Å². The Morgan fingerprint density at radius 2 is 2.31 bits per heavy atom. The van der Waals surface area contributed by atoms with Crippen LogP contribution < -0.4 is 10.1 Å². The molecule has 0 saturated carbocycles. The molecule has 88 valence electrons. The van der Waals surface area contributed by atoms with E-state index in [2.05, 4.69) is 28.2 Å². The first-order valence-corrected chi connectivity index (χ1v) is 6.21. The lowest BCUT2D eigenvalue weighted by Gasteiger charge is -2.19. The van der Waals surface area contributed by atoms with Crippen LogP contribution in [-0.2, 0) is 0 Å². The van der Waals surface area contributed by atoms with Crippen LogP contribution in [0.15, 0.2) is 10.5 Å². The van der Waals surface area contributed by atoms with E-state index in [0.29, 0.717) is 11.7 Å².